The lowest BCUT2D eigenvalue weighted by atomic mass is 10.2. The van der Waals surface area contributed by atoms with E-state index in [2.05, 4.69) is 24.3 Å². The molecule has 1 rings (SSSR count). The van der Waals surface area contributed by atoms with Crippen molar-refractivity contribution < 1.29 is 4.18 Å². The van der Waals surface area contributed by atoms with Crippen LogP contribution in [0.5, 0.6) is 0 Å². The average Bonchev–Trinajstić information content (AvgIpc) is 2.14. The molecule has 0 saturated heterocycles. The molecule has 0 fully saturated rings. The lowest BCUT2D eigenvalue weighted by Crippen LogP contribution is -1.85. The molecule has 12 heavy (non-hydrogen) atoms. The van der Waals surface area contributed by atoms with Crippen molar-refractivity contribution in [2.24, 2.45) is 0 Å². The van der Waals surface area contributed by atoms with Gasteiger partial charge in [-0.2, -0.15) is 0 Å². The van der Waals surface area contributed by atoms with Crippen molar-refractivity contribution in [2.45, 2.75) is 6.42 Å². The van der Waals surface area contributed by atoms with Gasteiger partial charge in [0.05, 0.1) is 18.2 Å². The summed E-state index contributed by atoms with van der Waals surface area (Å²) in [7, 11) is 3.44. The Labute approximate surface area is 81.5 Å². The minimum Gasteiger partial charge on any atom is -0.308 e. The maximum absolute atomic E-state index is 4.86. The molecule has 0 N–H and O–H groups in total. The molecule has 1 nitrogen and oxygen atoms in total. The molecule has 0 aromatic heterocycles. The van der Waals surface area contributed by atoms with Gasteiger partial charge in [-0.25, -0.2) is 0 Å². The third kappa shape index (κ3) is 4.04. The smallest absolute Gasteiger partial charge is 0.0619 e. The summed E-state index contributed by atoms with van der Waals surface area (Å²) in [5.74, 6) is 1.10. The fraction of sp³-hybridized carbons (Fsp3) is 0.333. The zero-order valence-corrected chi connectivity index (χ0v) is 8.66. The standard InChI is InChI=1S/C9H12OS2/c1-10-12-11-8-7-9-5-3-2-4-6-9/h2-6H,7-8H2,1H3. The van der Waals surface area contributed by atoms with E-state index in [1.54, 1.807) is 17.9 Å². The average molecular weight is 200 g/mol. The molecular weight excluding hydrogens is 188 g/mol. The molecule has 66 valence electrons. The lowest BCUT2D eigenvalue weighted by Gasteiger charge is -1.98. The molecule has 0 saturated carbocycles. The molecule has 0 aliphatic rings. The first kappa shape index (κ1) is 9.96. The Balaban J connectivity index is 2.16. The highest BCUT2D eigenvalue weighted by molar-refractivity contribution is 8.74. The summed E-state index contributed by atoms with van der Waals surface area (Å²) in [6, 6.07) is 10.5. The van der Waals surface area contributed by atoms with E-state index in [1.807, 2.05) is 6.07 Å². The molecule has 0 heterocycles. The van der Waals surface area contributed by atoms with Crippen molar-refractivity contribution in [3.63, 3.8) is 0 Å². The monoisotopic (exact) mass is 200 g/mol. The molecule has 0 bridgehead atoms. The van der Waals surface area contributed by atoms with Crippen LogP contribution in [-0.4, -0.2) is 12.9 Å². The van der Waals surface area contributed by atoms with Crippen molar-refractivity contribution in [3.05, 3.63) is 35.9 Å². The van der Waals surface area contributed by atoms with Crippen LogP contribution in [-0.2, 0) is 10.6 Å². The zero-order valence-electron chi connectivity index (χ0n) is 7.03. The van der Waals surface area contributed by atoms with Gasteiger partial charge in [-0.3, -0.25) is 0 Å². The minimum absolute atomic E-state index is 1.10. The maximum Gasteiger partial charge on any atom is 0.0619 e. The molecular formula is C9H12OS2. The number of hydrogen-bond acceptors (Lipinski definition) is 3. The summed E-state index contributed by atoms with van der Waals surface area (Å²) in [4.78, 5) is 0. The normalized spacial score (nSPS) is 10.1. The van der Waals surface area contributed by atoms with Crippen molar-refractivity contribution in [2.75, 3.05) is 12.9 Å². The summed E-state index contributed by atoms with van der Waals surface area (Å²) in [5.41, 5.74) is 1.39. The molecule has 0 aliphatic carbocycles. The van der Waals surface area contributed by atoms with E-state index < -0.39 is 0 Å². The van der Waals surface area contributed by atoms with E-state index in [0.717, 1.165) is 12.2 Å². The Hall–Kier alpha value is -0.120. The van der Waals surface area contributed by atoms with Crippen LogP contribution in [0, 0.1) is 0 Å². The predicted molar refractivity (Wildman–Crippen MR) is 57.2 cm³/mol. The molecule has 0 unspecified atom stereocenters. The fourth-order valence-electron chi connectivity index (χ4n) is 0.886. The fourth-order valence-corrected chi connectivity index (χ4v) is 2.11. The van der Waals surface area contributed by atoms with Crippen LogP contribution in [0.4, 0.5) is 0 Å². The van der Waals surface area contributed by atoms with Gasteiger partial charge in [-0.05, 0) is 12.0 Å². The van der Waals surface area contributed by atoms with Crippen LogP contribution in [0.3, 0.4) is 0 Å². The molecule has 0 spiro atoms. The van der Waals surface area contributed by atoms with E-state index >= 15 is 0 Å². The van der Waals surface area contributed by atoms with E-state index in [-0.39, 0.29) is 0 Å². The predicted octanol–water partition coefficient (Wildman–Crippen LogP) is 3.17. The van der Waals surface area contributed by atoms with Gasteiger partial charge in [-0.15, -0.1) is 0 Å². The molecule has 1 aromatic rings. The maximum atomic E-state index is 4.86. The molecule has 0 radical (unpaired) electrons. The van der Waals surface area contributed by atoms with Crippen molar-refractivity contribution in [1.82, 2.24) is 0 Å². The third-order valence-electron chi connectivity index (χ3n) is 1.43. The summed E-state index contributed by atoms with van der Waals surface area (Å²) in [5, 5.41) is 0. The topological polar surface area (TPSA) is 9.23 Å². The van der Waals surface area contributed by atoms with E-state index in [1.165, 1.54) is 16.6 Å². The minimum atomic E-state index is 1.10. The highest BCUT2D eigenvalue weighted by atomic mass is 33.1. The zero-order chi connectivity index (χ0) is 8.65. The quantitative estimate of drug-likeness (QED) is 0.410. The van der Waals surface area contributed by atoms with Gasteiger partial charge in [-0.1, -0.05) is 41.1 Å². The number of aryl methyl sites for hydroxylation is 1. The molecule has 0 aliphatic heterocycles. The second-order valence-electron chi connectivity index (χ2n) is 2.29. The Morgan fingerprint density at radius 2 is 2.00 bits per heavy atom. The SMILES string of the molecule is COSSCCc1ccccc1. The van der Waals surface area contributed by atoms with Gasteiger partial charge in [0.2, 0.25) is 0 Å². The summed E-state index contributed by atoms with van der Waals surface area (Å²) in [6.07, 6.45) is 1.11. The van der Waals surface area contributed by atoms with Crippen LogP contribution in [0.2, 0.25) is 0 Å². The van der Waals surface area contributed by atoms with Gasteiger partial charge in [0.25, 0.3) is 0 Å². The van der Waals surface area contributed by atoms with E-state index in [4.69, 9.17) is 4.18 Å². The van der Waals surface area contributed by atoms with Gasteiger partial charge >= 0.3 is 0 Å². The van der Waals surface area contributed by atoms with Crippen LogP contribution in [0.25, 0.3) is 0 Å². The van der Waals surface area contributed by atoms with E-state index in [9.17, 15) is 0 Å². The summed E-state index contributed by atoms with van der Waals surface area (Å²) < 4.78 is 4.86. The lowest BCUT2D eigenvalue weighted by molar-refractivity contribution is 0.498. The Bertz CT molecular complexity index is 201. The van der Waals surface area contributed by atoms with Gasteiger partial charge in [0.1, 0.15) is 0 Å². The van der Waals surface area contributed by atoms with Gasteiger partial charge < -0.3 is 4.18 Å². The molecule has 0 amide bonds. The number of hydrogen-bond donors (Lipinski definition) is 0. The highest BCUT2D eigenvalue weighted by Crippen LogP contribution is 2.21. The van der Waals surface area contributed by atoms with Crippen LogP contribution >= 0.6 is 21.9 Å². The van der Waals surface area contributed by atoms with Crippen molar-refractivity contribution >= 4 is 21.9 Å². The second kappa shape index (κ2) is 6.40. The number of benzene rings is 1. The third-order valence-corrected chi connectivity index (χ3v) is 3.23. The Kier molecular flexibility index (Phi) is 5.32. The van der Waals surface area contributed by atoms with Crippen LogP contribution < -0.4 is 0 Å². The van der Waals surface area contributed by atoms with Crippen LogP contribution in [0.1, 0.15) is 5.56 Å². The van der Waals surface area contributed by atoms with Crippen molar-refractivity contribution in [3.8, 4) is 0 Å². The molecule has 1 aromatic carbocycles. The van der Waals surface area contributed by atoms with Gasteiger partial charge in [0, 0.05) is 5.75 Å². The van der Waals surface area contributed by atoms with Crippen molar-refractivity contribution in [1.29, 1.82) is 0 Å². The Morgan fingerprint density at radius 3 is 2.67 bits per heavy atom. The summed E-state index contributed by atoms with van der Waals surface area (Å²) >= 11 is 1.44. The van der Waals surface area contributed by atoms with Crippen LogP contribution in [0.15, 0.2) is 30.3 Å². The Morgan fingerprint density at radius 1 is 1.25 bits per heavy atom. The first-order valence-electron chi connectivity index (χ1n) is 3.79. The first-order chi connectivity index (χ1) is 5.93. The molecule has 0 atom stereocenters. The first-order valence-corrected chi connectivity index (χ1v) is 6.04. The highest BCUT2D eigenvalue weighted by Gasteiger charge is 1.91. The summed E-state index contributed by atoms with van der Waals surface area (Å²) in [6.45, 7) is 0. The van der Waals surface area contributed by atoms with Gasteiger partial charge in [0.15, 0.2) is 0 Å². The van der Waals surface area contributed by atoms with E-state index in [0.29, 0.717) is 0 Å². The second-order valence-corrected chi connectivity index (χ2v) is 4.52. The molecule has 3 heteroatoms. The largest absolute Gasteiger partial charge is 0.308 e. The number of rotatable bonds is 5.